The van der Waals surface area contributed by atoms with Crippen molar-refractivity contribution in [3.63, 3.8) is 0 Å². The first-order chi connectivity index (χ1) is 20.8. The zero-order valence-electron chi connectivity index (χ0n) is 28.4. The summed E-state index contributed by atoms with van der Waals surface area (Å²) in [5.74, 6) is -1.92. The molecule has 0 fully saturated rings. The van der Waals surface area contributed by atoms with Crippen LogP contribution < -0.4 is 10.6 Å². The molecule has 3 unspecified atom stereocenters. The summed E-state index contributed by atoms with van der Waals surface area (Å²) in [5.41, 5.74) is -0.334. The number of rotatable bonds is 12. The summed E-state index contributed by atoms with van der Waals surface area (Å²) in [5, 5.41) is 15.6. The van der Waals surface area contributed by atoms with Crippen LogP contribution >= 0.6 is 0 Å². The Morgan fingerprint density at radius 3 is 1.84 bits per heavy atom. The van der Waals surface area contributed by atoms with Crippen LogP contribution in [0.25, 0.3) is 0 Å². The Morgan fingerprint density at radius 2 is 1.36 bits per heavy atom. The molecule has 2 rings (SSSR count). The third kappa shape index (κ3) is 11.5. The molecule has 10 nitrogen and oxygen atoms in total. The van der Waals surface area contributed by atoms with Crippen LogP contribution in [0.5, 0.6) is 0 Å². The fraction of sp³-hybridized carbons (Fsp3) is 0.543. The topological polar surface area (TPSA) is 134 Å². The summed E-state index contributed by atoms with van der Waals surface area (Å²) >= 11 is 0. The van der Waals surface area contributed by atoms with Gasteiger partial charge in [0.15, 0.2) is 0 Å². The highest BCUT2D eigenvalue weighted by Gasteiger charge is 2.44. The number of benzene rings is 2. The normalized spacial score (nSPS) is 14.0. The Balaban J connectivity index is 2.63. The average molecular weight is 626 g/mol. The predicted octanol–water partition coefficient (Wildman–Crippen LogP) is 5.01. The summed E-state index contributed by atoms with van der Waals surface area (Å²) in [6, 6.07) is 12.7. The molecule has 248 valence electrons. The van der Waals surface area contributed by atoms with E-state index in [2.05, 4.69) is 10.6 Å². The second-order valence-corrected chi connectivity index (χ2v) is 13.9. The standard InChI is InChI=1S/C35H51N3O7/c1-11-35(9,10)38(30(41)27(22-39)37-32(43)45-34(6,7)8)28(25-19-17-23(2)18-20-25)29(40)36-26(31(42)44-33(3,4)5)21-24-15-13-12-14-16-24/h12-20,26-28,39H,11,21-22H2,1-10H3,(H,36,40)(H,37,43). The van der Waals surface area contributed by atoms with E-state index in [1.165, 1.54) is 4.90 Å². The molecule has 3 amide bonds. The van der Waals surface area contributed by atoms with Gasteiger partial charge in [0.25, 0.3) is 0 Å². The van der Waals surface area contributed by atoms with Crippen molar-refractivity contribution in [1.82, 2.24) is 15.5 Å². The zero-order chi connectivity index (χ0) is 34.2. The summed E-state index contributed by atoms with van der Waals surface area (Å²) in [6.07, 6.45) is -0.293. The van der Waals surface area contributed by atoms with Gasteiger partial charge in [-0.2, -0.15) is 0 Å². The fourth-order valence-electron chi connectivity index (χ4n) is 4.58. The van der Waals surface area contributed by atoms with Crippen LogP contribution in [-0.4, -0.2) is 69.3 Å². The van der Waals surface area contributed by atoms with E-state index in [-0.39, 0.29) is 6.42 Å². The number of aliphatic hydroxyl groups is 1. The molecule has 0 radical (unpaired) electrons. The van der Waals surface area contributed by atoms with Crippen molar-refractivity contribution >= 4 is 23.9 Å². The Hall–Kier alpha value is -3.92. The third-order valence-corrected chi connectivity index (χ3v) is 7.12. The largest absolute Gasteiger partial charge is 0.458 e. The minimum Gasteiger partial charge on any atom is -0.458 e. The number of hydrogen-bond donors (Lipinski definition) is 3. The second-order valence-electron chi connectivity index (χ2n) is 13.9. The van der Waals surface area contributed by atoms with Crippen LogP contribution in [0.4, 0.5) is 4.79 Å². The van der Waals surface area contributed by atoms with Crippen molar-refractivity contribution < 1.29 is 33.8 Å². The number of carbonyl (C=O) groups excluding carboxylic acids is 4. The maximum Gasteiger partial charge on any atom is 0.408 e. The number of aryl methyl sites for hydroxylation is 1. The lowest BCUT2D eigenvalue weighted by atomic mass is 9.91. The second kappa shape index (κ2) is 15.4. The van der Waals surface area contributed by atoms with Gasteiger partial charge in [-0.05, 0) is 79.9 Å². The number of nitrogens with zero attached hydrogens (tertiary/aromatic N) is 1. The smallest absolute Gasteiger partial charge is 0.408 e. The minimum atomic E-state index is -1.41. The van der Waals surface area contributed by atoms with E-state index < -0.39 is 65.4 Å². The highest BCUT2D eigenvalue weighted by molar-refractivity contribution is 5.94. The number of carbonyl (C=O) groups is 4. The number of hydrogen-bond acceptors (Lipinski definition) is 7. The maximum atomic E-state index is 14.4. The summed E-state index contributed by atoms with van der Waals surface area (Å²) < 4.78 is 11.0. The van der Waals surface area contributed by atoms with E-state index in [9.17, 15) is 24.3 Å². The number of aliphatic hydroxyl groups excluding tert-OH is 1. The van der Waals surface area contributed by atoms with E-state index in [1.54, 1.807) is 67.5 Å². The number of ether oxygens (including phenoxy) is 2. The van der Waals surface area contributed by atoms with E-state index in [4.69, 9.17) is 9.47 Å². The van der Waals surface area contributed by atoms with Gasteiger partial charge in [0, 0.05) is 12.0 Å². The molecule has 3 atom stereocenters. The first-order valence-corrected chi connectivity index (χ1v) is 15.3. The zero-order valence-corrected chi connectivity index (χ0v) is 28.4. The van der Waals surface area contributed by atoms with Crippen LogP contribution in [0.1, 0.15) is 91.5 Å². The Bertz CT molecular complexity index is 1300. The molecule has 10 heteroatoms. The van der Waals surface area contributed by atoms with E-state index in [0.717, 1.165) is 11.1 Å². The van der Waals surface area contributed by atoms with Gasteiger partial charge in [0.2, 0.25) is 11.8 Å². The van der Waals surface area contributed by atoms with Crippen molar-refractivity contribution in [3.05, 3.63) is 71.3 Å². The molecule has 0 saturated carbocycles. The SMILES string of the molecule is CCC(C)(C)N(C(=O)C(CO)NC(=O)OC(C)(C)C)C(C(=O)NC(Cc1ccccc1)C(=O)OC(C)(C)C)c1ccc(C)cc1. The molecule has 2 aromatic carbocycles. The van der Waals surface area contributed by atoms with E-state index in [1.807, 2.05) is 56.3 Å². The summed E-state index contributed by atoms with van der Waals surface area (Å²) in [4.78, 5) is 56.2. The monoisotopic (exact) mass is 625 g/mol. The van der Waals surface area contributed by atoms with E-state index in [0.29, 0.717) is 12.0 Å². The van der Waals surface area contributed by atoms with Crippen LogP contribution in [0.3, 0.4) is 0 Å². The van der Waals surface area contributed by atoms with Crippen LogP contribution in [0.2, 0.25) is 0 Å². The average Bonchev–Trinajstić information content (AvgIpc) is 2.93. The molecule has 0 aliphatic carbocycles. The fourth-order valence-corrected chi connectivity index (χ4v) is 4.58. The van der Waals surface area contributed by atoms with Crippen molar-refractivity contribution in [2.24, 2.45) is 0 Å². The van der Waals surface area contributed by atoms with Gasteiger partial charge in [0.1, 0.15) is 29.3 Å². The van der Waals surface area contributed by atoms with Gasteiger partial charge in [-0.15, -0.1) is 0 Å². The predicted molar refractivity (Wildman–Crippen MR) is 173 cm³/mol. The Kier molecular flexibility index (Phi) is 12.7. The lowest BCUT2D eigenvalue weighted by Gasteiger charge is -2.44. The van der Waals surface area contributed by atoms with E-state index >= 15 is 0 Å². The quantitative estimate of drug-likeness (QED) is 0.283. The number of alkyl carbamates (subject to hydrolysis) is 1. The molecule has 0 spiro atoms. The maximum absolute atomic E-state index is 14.4. The van der Waals surface area contributed by atoms with Gasteiger partial charge in [-0.25, -0.2) is 9.59 Å². The summed E-state index contributed by atoms with van der Waals surface area (Å²) in [7, 11) is 0. The molecular weight excluding hydrogens is 574 g/mol. The Morgan fingerprint density at radius 1 is 0.800 bits per heavy atom. The third-order valence-electron chi connectivity index (χ3n) is 7.12. The van der Waals surface area contributed by atoms with Gasteiger partial charge < -0.3 is 30.1 Å². The van der Waals surface area contributed by atoms with Gasteiger partial charge >= 0.3 is 12.1 Å². The van der Waals surface area contributed by atoms with Crippen LogP contribution in [-0.2, 0) is 30.3 Å². The van der Waals surface area contributed by atoms with Gasteiger partial charge in [-0.3, -0.25) is 9.59 Å². The molecule has 0 saturated heterocycles. The van der Waals surface area contributed by atoms with Crippen LogP contribution in [0, 0.1) is 6.92 Å². The number of nitrogens with one attached hydrogen (secondary N) is 2. The molecule has 0 heterocycles. The molecule has 45 heavy (non-hydrogen) atoms. The van der Waals surface area contributed by atoms with Crippen molar-refractivity contribution in [1.29, 1.82) is 0 Å². The molecule has 0 aliphatic rings. The first kappa shape index (κ1) is 37.3. The lowest BCUT2D eigenvalue weighted by Crippen LogP contribution is -2.61. The van der Waals surface area contributed by atoms with Crippen molar-refractivity contribution in [2.75, 3.05) is 6.61 Å². The Labute approximate surface area is 267 Å². The van der Waals surface area contributed by atoms with Crippen LogP contribution in [0.15, 0.2) is 54.6 Å². The van der Waals surface area contributed by atoms with Gasteiger partial charge in [0.05, 0.1) is 6.61 Å². The van der Waals surface area contributed by atoms with Crippen molar-refractivity contribution in [3.8, 4) is 0 Å². The summed E-state index contributed by atoms with van der Waals surface area (Å²) in [6.45, 7) is 16.9. The minimum absolute atomic E-state index is 0.159. The molecule has 0 aromatic heterocycles. The molecular formula is C35H51N3O7. The van der Waals surface area contributed by atoms with Crippen molar-refractivity contribution in [2.45, 2.75) is 117 Å². The molecule has 0 aliphatic heterocycles. The number of amides is 3. The van der Waals surface area contributed by atoms with Gasteiger partial charge in [-0.1, -0.05) is 67.1 Å². The first-order valence-electron chi connectivity index (χ1n) is 15.3. The highest BCUT2D eigenvalue weighted by Crippen LogP contribution is 2.32. The molecule has 0 bridgehead atoms. The lowest BCUT2D eigenvalue weighted by molar-refractivity contribution is -0.159. The number of esters is 1. The molecule has 3 N–H and O–H groups in total. The molecule has 2 aromatic rings. The highest BCUT2D eigenvalue weighted by atomic mass is 16.6.